The molecule has 0 atom stereocenters. The molecule has 0 aromatic rings. The summed E-state index contributed by atoms with van der Waals surface area (Å²) in [5.41, 5.74) is 0.976. The molecule has 1 aliphatic rings. The summed E-state index contributed by atoms with van der Waals surface area (Å²) in [5.74, 6) is 0. The van der Waals surface area contributed by atoms with E-state index in [-0.39, 0.29) is 0 Å². The van der Waals surface area contributed by atoms with Crippen molar-refractivity contribution in [2.24, 2.45) is 10.8 Å². The normalized spacial score (nSPS) is 30.0. The van der Waals surface area contributed by atoms with E-state index in [2.05, 4.69) is 33.0 Å². The molecule has 1 aliphatic heterocycles. The Bertz CT molecular complexity index is 109. The Kier molecular flexibility index (Phi) is 1.80. The van der Waals surface area contributed by atoms with Crippen LogP contribution in [-0.2, 0) is 0 Å². The van der Waals surface area contributed by atoms with Crippen LogP contribution in [0.4, 0.5) is 0 Å². The van der Waals surface area contributed by atoms with Crippen molar-refractivity contribution in [3.8, 4) is 0 Å². The van der Waals surface area contributed by atoms with Crippen LogP contribution in [0.5, 0.6) is 0 Å². The van der Waals surface area contributed by atoms with Crippen LogP contribution in [0.2, 0.25) is 0 Å². The predicted molar refractivity (Wildman–Crippen MR) is 45.0 cm³/mol. The molecule has 1 heterocycles. The first-order chi connectivity index (χ1) is 4.46. The summed E-state index contributed by atoms with van der Waals surface area (Å²) in [5, 5.41) is 3.43. The maximum atomic E-state index is 3.43. The second kappa shape index (κ2) is 2.23. The molecule has 1 nitrogen and oxygen atoms in total. The Hall–Kier alpha value is -0.0400. The van der Waals surface area contributed by atoms with Crippen LogP contribution in [0.15, 0.2) is 0 Å². The van der Waals surface area contributed by atoms with Gasteiger partial charge in [0.25, 0.3) is 0 Å². The van der Waals surface area contributed by atoms with Gasteiger partial charge in [-0.25, -0.2) is 0 Å². The summed E-state index contributed by atoms with van der Waals surface area (Å²) in [6.07, 6.45) is 1.31. The Labute approximate surface area is 64.2 Å². The summed E-state index contributed by atoms with van der Waals surface area (Å²) in [7, 11) is 0. The number of hydrogen-bond acceptors (Lipinski definition) is 1. The smallest absolute Gasteiger partial charge is 0.000764 e. The third kappa shape index (κ3) is 1.20. The maximum Gasteiger partial charge on any atom is 0.000764 e. The predicted octanol–water partition coefficient (Wildman–Crippen LogP) is 2.03. The Morgan fingerprint density at radius 3 is 1.90 bits per heavy atom. The van der Waals surface area contributed by atoms with E-state index < -0.39 is 0 Å². The van der Waals surface area contributed by atoms with Crippen LogP contribution in [-0.4, -0.2) is 13.1 Å². The van der Waals surface area contributed by atoms with E-state index in [1.807, 2.05) is 0 Å². The lowest BCUT2D eigenvalue weighted by molar-refractivity contribution is 0.0675. The second-order valence-electron chi connectivity index (χ2n) is 4.69. The van der Waals surface area contributed by atoms with Crippen molar-refractivity contribution < 1.29 is 0 Å². The fourth-order valence-corrected chi connectivity index (χ4v) is 1.38. The molecule has 0 amide bonds. The molecule has 0 bridgehead atoms. The SMILES string of the molecule is CC1(C)CCNCC1(C)C. The minimum Gasteiger partial charge on any atom is -0.316 e. The molecule has 1 saturated heterocycles. The highest BCUT2D eigenvalue weighted by Gasteiger charge is 2.38. The number of nitrogens with one attached hydrogen (secondary N) is 1. The zero-order chi connectivity index (χ0) is 7.83. The topological polar surface area (TPSA) is 12.0 Å². The molecule has 0 radical (unpaired) electrons. The quantitative estimate of drug-likeness (QED) is 0.544. The van der Waals surface area contributed by atoms with Crippen molar-refractivity contribution in [1.29, 1.82) is 0 Å². The van der Waals surface area contributed by atoms with E-state index in [4.69, 9.17) is 0 Å². The largest absolute Gasteiger partial charge is 0.316 e. The lowest BCUT2D eigenvalue weighted by Crippen LogP contribution is -2.47. The zero-order valence-corrected chi connectivity index (χ0v) is 7.62. The van der Waals surface area contributed by atoms with Crippen molar-refractivity contribution in [3.63, 3.8) is 0 Å². The Morgan fingerprint density at radius 1 is 1.00 bits per heavy atom. The standard InChI is InChI=1S/C9H19N/c1-8(2)5-6-10-7-9(8,3)4/h10H,5-7H2,1-4H3. The van der Waals surface area contributed by atoms with Gasteiger partial charge in [0.15, 0.2) is 0 Å². The second-order valence-corrected chi connectivity index (χ2v) is 4.69. The van der Waals surface area contributed by atoms with Gasteiger partial charge in [0.05, 0.1) is 0 Å². The van der Waals surface area contributed by atoms with E-state index in [0.717, 1.165) is 0 Å². The van der Waals surface area contributed by atoms with E-state index >= 15 is 0 Å². The first-order valence-electron chi connectivity index (χ1n) is 4.16. The Balaban J connectivity index is 2.70. The first-order valence-corrected chi connectivity index (χ1v) is 4.16. The van der Waals surface area contributed by atoms with Gasteiger partial charge in [0.2, 0.25) is 0 Å². The maximum absolute atomic E-state index is 3.43. The number of hydrogen-bond donors (Lipinski definition) is 1. The molecule has 10 heavy (non-hydrogen) atoms. The zero-order valence-electron chi connectivity index (χ0n) is 7.62. The van der Waals surface area contributed by atoms with Gasteiger partial charge in [-0.1, -0.05) is 27.7 Å². The van der Waals surface area contributed by atoms with Gasteiger partial charge in [-0.2, -0.15) is 0 Å². The highest BCUT2D eigenvalue weighted by molar-refractivity contribution is 4.91. The first kappa shape index (κ1) is 8.06. The highest BCUT2D eigenvalue weighted by Crippen LogP contribution is 2.42. The fraction of sp³-hybridized carbons (Fsp3) is 1.00. The van der Waals surface area contributed by atoms with E-state index in [1.54, 1.807) is 0 Å². The lowest BCUT2D eigenvalue weighted by Gasteiger charge is -2.46. The van der Waals surface area contributed by atoms with Gasteiger partial charge in [0, 0.05) is 6.54 Å². The average molecular weight is 141 g/mol. The van der Waals surface area contributed by atoms with Gasteiger partial charge in [-0.3, -0.25) is 0 Å². The number of rotatable bonds is 0. The van der Waals surface area contributed by atoms with E-state index in [9.17, 15) is 0 Å². The summed E-state index contributed by atoms with van der Waals surface area (Å²) >= 11 is 0. The van der Waals surface area contributed by atoms with Crippen LogP contribution in [0.3, 0.4) is 0 Å². The molecule has 0 aliphatic carbocycles. The van der Waals surface area contributed by atoms with Crippen LogP contribution in [0.25, 0.3) is 0 Å². The minimum atomic E-state index is 0.464. The summed E-state index contributed by atoms with van der Waals surface area (Å²) in [6.45, 7) is 11.8. The van der Waals surface area contributed by atoms with Crippen molar-refractivity contribution >= 4 is 0 Å². The van der Waals surface area contributed by atoms with Gasteiger partial charge >= 0.3 is 0 Å². The molecule has 0 unspecified atom stereocenters. The number of piperidine rings is 1. The lowest BCUT2D eigenvalue weighted by atomic mass is 9.64. The van der Waals surface area contributed by atoms with Crippen molar-refractivity contribution in [2.75, 3.05) is 13.1 Å². The van der Waals surface area contributed by atoms with Crippen molar-refractivity contribution in [3.05, 3.63) is 0 Å². The highest BCUT2D eigenvalue weighted by atomic mass is 14.9. The molecule has 0 spiro atoms. The monoisotopic (exact) mass is 141 g/mol. The van der Waals surface area contributed by atoms with E-state index in [1.165, 1.54) is 19.5 Å². The average Bonchev–Trinajstić information content (AvgIpc) is 1.77. The molecular weight excluding hydrogens is 122 g/mol. The molecule has 1 N–H and O–H groups in total. The van der Waals surface area contributed by atoms with Gasteiger partial charge < -0.3 is 5.32 Å². The molecule has 60 valence electrons. The van der Waals surface area contributed by atoms with Crippen molar-refractivity contribution in [1.82, 2.24) is 5.32 Å². The van der Waals surface area contributed by atoms with Gasteiger partial charge in [-0.15, -0.1) is 0 Å². The molecule has 0 aromatic carbocycles. The van der Waals surface area contributed by atoms with E-state index in [0.29, 0.717) is 10.8 Å². The van der Waals surface area contributed by atoms with Crippen molar-refractivity contribution in [2.45, 2.75) is 34.1 Å². The molecule has 0 aromatic heterocycles. The van der Waals surface area contributed by atoms with Gasteiger partial charge in [0.1, 0.15) is 0 Å². The summed E-state index contributed by atoms with van der Waals surface area (Å²) in [4.78, 5) is 0. The third-order valence-corrected chi connectivity index (χ3v) is 3.33. The van der Waals surface area contributed by atoms with Gasteiger partial charge in [-0.05, 0) is 23.8 Å². The fourth-order valence-electron chi connectivity index (χ4n) is 1.38. The van der Waals surface area contributed by atoms with Crippen LogP contribution >= 0.6 is 0 Å². The van der Waals surface area contributed by atoms with Crippen LogP contribution < -0.4 is 5.32 Å². The molecule has 0 saturated carbocycles. The summed E-state index contributed by atoms with van der Waals surface area (Å²) < 4.78 is 0. The molecule has 1 heteroatoms. The van der Waals surface area contributed by atoms with Crippen LogP contribution in [0, 0.1) is 10.8 Å². The molecular formula is C9H19N. The third-order valence-electron chi connectivity index (χ3n) is 3.33. The summed E-state index contributed by atoms with van der Waals surface area (Å²) in [6, 6.07) is 0. The minimum absolute atomic E-state index is 0.464. The van der Waals surface area contributed by atoms with Crippen LogP contribution in [0.1, 0.15) is 34.1 Å². The molecule has 1 fully saturated rings. The molecule has 1 rings (SSSR count). The Morgan fingerprint density at radius 2 is 1.60 bits per heavy atom.